The Morgan fingerprint density at radius 2 is 1.90 bits per heavy atom. The van der Waals surface area contributed by atoms with E-state index in [0.29, 0.717) is 0 Å². The summed E-state index contributed by atoms with van der Waals surface area (Å²) >= 11 is 5.64. The van der Waals surface area contributed by atoms with E-state index < -0.39 is 4.92 Å². The van der Waals surface area contributed by atoms with Crippen LogP contribution in [0.25, 0.3) is 0 Å². The topological polar surface area (TPSA) is 99.2 Å². The van der Waals surface area contributed by atoms with E-state index in [-0.39, 0.29) is 17.0 Å². The number of phenolic OH excluding ortho intramolecular Hbond substituents is 1. The third-order valence-corrected chi connectivity index (χ3v) is 2.76. The lowest BCUT2D eigenvalue weighted by molar-refractivity contribution is -0.384. The molecule has 6 nitrogen and oxygen atoms in total. The first kappa shape index (κ1) is 16.5. The zero-order chi connectivity index (χ0) is 15.8. The largest absolute Gasteiger partial charge is 0.507 e. The number of aromatic hydroxyl groups is 1. The lowest BCUT2D eigenvalue weighted by Crippen LogP contribution is -1.89. The Morgan fingerprint density at radius 1 is 1.29 bits per heavy atom. The third-order valence-electron chi connectivity index (χ3n) is 2.51. The summed E-state index contributed by atoms with van der Waals surface area (Å²) in [5.41, 5.74) is 1.09. The number of hydrogen-bond acceptors (Lipinski definition) is 5. The molecule has 110 valence electrons. The molecule has 0 amide bonds. The van der Waals surface area contributed by atoms with Gasteiger partial charge in [-0.3, -0.25) is 10.1 Å². The molecule has 0 fully saturated rings. The number of non-ortho nitro benzene ring substituents is 1. The number of nitro benzene ring substituents is 1. The highest BCUT2D eigenvalue weighted by atomic mass is 35.5. The summed E-state index contributed by atoms with van der Waals surface area (Å²) in [6.07, 6.45) is 0.863. The molecule has 0 aliphatic rings. The zero-order valence-electron chi connectivity index (χ0n) is 11.2. The van der Waals surface area contributed by atoms with Gasteiger partial charge in [-0.1, -0.05) is 11.6 Å². The van der Waals surface area contributed by atoms with Gasteiger partial charge in [-0.15, -0.1) is 0 Å². The average Bonchev–Trinajstić information content (AvgIpc) is 2.49. The van der Waals surface area contributed by atoms with Crippen molar-refractivity contribution in [2.24, 2.45) is 0 Å². The van der Waals surface area contributed by atoms with Crippen molar-refractivity contribution in [3.63, 3.8) is 0 Å². The predicted octanol–water partition coefficient (Wildman–Crippen LogP) is 3.68. The quantitative estimate of drug-likeness (QED) is 0.457. The van der Waals surface area contributed by atoms with Crippen LogP contribution in [0.2, 0.25) is 5.02 Å². The maximum Gasteiger partial charge on any atom is 0.270 e. The molecule has 0 aliphatic carbocycles. The fraction of sp³-hybridized carbons (Fsp3) is 0.0714. The summed E-state index contributed by atoms with van der Waals surface area (Å²) in [5, 5.41) is 29.9. The number of rotatable bonds is 3. The minimum absolute atomic E-state index is 0.129. The van der Waals surface area contributed by atoms with Gasteiger partial charge in [-0.2, -0.15) is 0 Å². The number of halogens is 1. The van der Waals surface area contributed by atoms with Crippen LogP contribution in [0.4, 0.5) is 11.4 Å². The van der Waals surface area contributed by atoms with E-state index in [9.17, 15) is 10.1 Å². The summed E-state index contributed by atoms with van der Waals surface area (Å²) in [6.45, 7) is 0. The molecule has 0 bridgehead atoms. The number of hydrogen-bond donors (Lipinski definition) is 3. The average molecular weight is 308 g/mol. The summed E-state index contributed by atoms with van der Waals surface area (Å²) in [5.74, 6) is -0.129. The Hall–Kier alpha value is -2.60. The highest BCUT2D eigenvalue weighted by molar-refractivity contribution is 6.30. The monoisotopic (exact) mass is 307 g/mol. The van der Waals surface area contributed by atoms with Gasteiger partial charge in [-0.25, -0.2) is 0 Å². The second kappa shape index (κ2) is 7.86. The Labute approximate surface area is 126 Å². The zero-order valence-corrected chi connectivity index (χ0v) is 12.0. The summed E-state index contributed by atoms with van der Waals surface area (Å²) in [6, 6.07) is 11.1. The number of nitrogens with one attached hydrogen (secondary N) is 2. The second-order valence-electron chi connectivity index (χ2n) is 3.90. The molecule has 2 rings (SSSR count). The van der Waals surface area contributed by atoms with Crippen molar-refractivity contribution in [2.75, 3.05) is 12.4 Å². The molecule has 21 heavy (non-hydrogen) atoms. The Kier molecular flexibility index (Phi) is 6.16. The van der Waals surface area contributed by atoms with Crippen LogP contribution in [0.15, 0.2) is 42.5 Å². The first-order valence-electron chi connectivity index (χ1n) is 5.89. The minimum atomic E-state index is -0.577. The van der Waals surface area contributed by atoms with E-state index in [1.807, 2.05) is 31.3 Å². The molecular weight excluding hydrogens is 294 g/mol. The van der Waals surface area contributed by atoms with Gasteiger partial charge in [0.2, 0.25) is 0 Å². The van der Waals surface area contributed by atoms with Gasteiger partial charge in [0, 0.05) is 41.7 Å². The van der Waals surface area contributed by atoms with Crippen molar-refractivity contribution in [1.82, 2.24) is 0 Å². The van der Waals surface area contributed by atoms with Crippen molar-refractivity contribution in [1.29, 1.82) is 5.41 Å². The number of anilines is 1. The molecule has 0 atom stereocenters. The first-order chi connectivity index (χ1) is 9.97. The van der Waals surface area contributed by atoms with Gasteiger partial charge in [0.15, 0.2) is 0 Å². The van der Waals surface area contributed by atoms with Crippen molar-refractivity contribution < 1.29 is 10.0 Å². The van der Waals surface area contributed by atoms with Crippen LogP contribution in [0.3, 0.4) is 0 Å². The number of benzene rings is 2. The molecule has 0 heterocycles. The standard InChI is InChI=1S/C7H8ClN.C7H6N2O3/c1-9-7-4-2-6(8)3-5-7;8-4-5-3-6(9(11)12)1-2-7(5)10/h2-5,9H,1H3;1-4,8,10H. The van der Waals surface area contributed by atoms with E-state index in [1.165, 1.54) is 12.1 Å². The molecule has 2 aromatic carbocycles. The van der Waals surface area contributed by atoms with E-state index in [1.54, 1.807) is 0 Å². The third kappa shape index (κ3) is 5.12. The maximum atomic E-state index is 10.2. The molecule has 0 saturated heterocycles. The van der Waals surface area contributed by atoms with Gasteiger partial charge in [0.05, 0.1) is 4.92 Å². The Morgan fingerprint density at radius 3 is 2.38 bits per heavy atom. The molecule has 0 spiro atoms. The van der Waals surface area contributed by atoms with Crippen LogP contribution in [-0.4, -0.2) is 23.3 Å². The first-order valence-corrected chi connectivity index (χ1v) is 6.27. The van der Waals surface area contributed by atoms with Crippen LogP contribution in [0.1, 0.15) is 5.56 Å². The molecule has 2 aromatic rings. The van der Waals surface area contributed by atoms with E-state index >= 15 is 0 Å². The summed E-state index contributed by atoms with van der Waals surface area (Å²) in [7, 11) is 1.88. The number of nitro groups is 1. The van der Waals surface area contributed by atoms with E-state index in [0.717, 1.165) is 23.0 Å². The highest BCUT2D eigenvalue weighted by Gasteiger charge is 2.07. The van der Waals surface area contributed by atoms with Gasteiger partial charge in [0.1, 0.15) is 5.75 Å². The maximum absolute atomic E-state index is 10.2. The van der Waals surface area contributed by atoms with Crippen molar-refractivity contribution in [3.05, 3.63) is 63.2 Å². The smallest absolute Gasteiger partial charge is 0.270 e. The second-order valence-corrected chi connectivity index (χ2v) is 4.34. The normalized spacial score (nSPS) is 9.24. The Bertz CT molecular complexity index is 630. The molecule has 0 unspecified atom stereocenters. The van der Waals surface area contributed by atoms with Gasteiger partial charge < -0.3 is 15.8 Å². The van der Waals surface area contributed by atoms with E-state index in [2.05, 4.69) is 5.32 Å². The fourth-order valence-electron chi connectivity index (χ4n) is 1.39. The van der Waals surface area contributed by atoms with Crippen molar-refractivity contribution in [3.8, 4) is 5.75 Å². The summed E-state index contributed by atoms with van der Waals surface area (Å²) in [4.78, 5) is 9.65. The molecule has 7 heteroatoms. The molecule has 0 aliphatic heterocycles. The molecular formula is C14H14ClN3O3. The van der Waals surface area contributed by atoms with Gasteiger partial charge >= 0.3 is 0 Å². The molecule has 0 aromatic heterocycles. The highest BCUT2D eigenvalue weighted by Crippen LogP contribution is 2.20. The molecule has 3 N–H and O–H groups in total. The fourth-order valence-corrected chi connectivity index (χ4v) is 1.51. The van der Waals surface area contributed by atoms with E-state index in [4.69, 9.17) is 22.1 Å². The van der Waals surface area contributed by atoms with Crippen molar-refractivity contribution >= 4 is 29.2 Å². The predicted molar refractivity (Wildman–Crippen MR) is 83.6 cm³/mol. The lowest BCUT2D eigenvalue weighted by Gasteiger charge is -1.96. The van der Waals surface area contributed by atoms with Gasteiger partial charge in [-0.05, 0) is 30.3 Å². The number of phenols is 1. The lowest BCUT2D eigenvalue weighted by atomic mass is 10.2. The van der Waals surface area contributed by atoms with Crippen molar-refractivity contribution in [2.45, 2.75) is 0 Å². The summed E-state index contributed by atoms with van der Waals surface area (Å²) < 4.78 is 0. The molecule has 0 saturated carbocycles. The van der Waals surface area contributed by atoms with Crippen LogP contribution in [0, 0.1) is 15.5 Å². The van der Waals surface area contributed by atoms with Crippen LogP contribution in [-0.2, 0) is 0 Å². The van der Waals surface area contributed by atoms with Crippen LogP contribution >= 0.6 is 11.6 Å². The number of nitrogens with zero attached hydrogens (tertiary/aromatic N) is 1. The van der Waals surface area contributed by atoms with Crippen LogP contribution in [0.5, 0.6) is 5.75 Å². The van der Waals surface area contributed by atoms with Gasteiger partial charge in [0.25, 0.3) is 5.69 Å². The minimum Gasteiger partial charge on any atom is -0.507 e. The molecule has 0 radical (unpaired) electrons. The SMILES string of the molecule is CNc1ccc(Cl)cc1.N=Cc1cc([N+](=O)[O-])ccc1O. The Balaban J connectivity index is 0.000000219. The van der Waals surface area contributed by atoms with Crippen LogP contribution < -0.4 is 5.32 Å².